The van der Waals surface area contributed by atoms with E-state index in [0.29, 0.717) is 6.92 Å². The molecule has 0 fully saturated rings. The van der Waals surface area contributed by atoms with Crippen LogP contribution in [-0.4, -0.2) is 16.8 Å². The number of anilines is 1. The van der Waals surface area contributed by atoms with Crippen molar-refractivity contribution in [3.05, 3.63) is 23.5 Å². The van der Waals surface area contributed by atoms with E-state index in [1.54, 1.807) is 0 Å². The lowest BCUT2D eigenvalue weighted by atomic mass is 10.3. The van der Waals surface area contributed by atoms with E-state index in [1.165, 1.54) is 18.3 Å². The maximum atomic E-state index is 12.4. The van der Waals surface area contributed by atoms with Gasteiger partial charge in [-0.3, -0.25) is 4.79 Å². The molecule has 1 aromatic heterocycles. The van der Waals surface area contributed by atoms with Crippen molar-refractivity contribution in [2.75, 3.05) is 5.32 Å². The highest BCUT2D eigenvalue weighted by Crippen LogP contribution is 2.16. The molecule has 1 aromatic rings. The zero-order chi connectivity index (χ0) is 10.8. The van der Waals surface area contributed by atoms with Crippen molar-refractivity contribution >= 4 is 23.2 Å². The Hall–Kier alpha value is -1.23. The van der Waals surface area contributed by atoms with Gasteiger partial charge in [-0.1, -0.05) is 11.6 Å². The van der Waals surface area contributed by atoms with Gasteiger partial charge in [-0.05, 0) is 12.1 Å². The first-order chi connectivity index (χ1) is 6.39. The Morgan fingerprint density at radius 2 is 2.21 bits per heavy atom. The Morgan fingerprint density at radius 1 is 1.57 bits per heavy atom. The molecule has 0 atom stereocenters. The lowest BCUT2D eigenvalue weighted by Gasteiger charge is -2.10. The first kappa shape index (κ1) is 10.8. The van der Waals surface area contributed by atoms with E-state index in [2.05, 4.69) is 4.98 Å². The fourth-order valence-electron chi connectivity index (χ4n) is 0.691. The molecule has 0 radical (unpaired) electrons. The molecule has 0 saturated heterocycles. The van der Waals surface area contributed by atoms with Gasteiger partial charge in [0.05, 0.1) is 11.9 Å². The van der Waals surface area contributed by atoms with Crippen molar-refractivity contribution in [2.45, 2.75) is 12.8 Å². The third-order valence-electron chi connectivity index (χ3n) is 1.38. The summed E-state index contributed by atoms with van der Waals surface area (Å²) >= 11 is 5.47. The first-order valence-electron chi connectivity index (χ1n) is 3.70. The largest absolute Gasteiger partial charge is 0.322 e. The highest BCUT2D eigenvalue weighted by atomic mass is 35.5. The summed E-state index contributed by atoms with van der Waals surface area (Å²) in [6, 6.07) is 2.78. The Morgan fingerprint density at radius 3 is 2.64 bits per heavy atom. The molecule has 0 bridgehead atoms. The van der Waals surface area contributed by atoms with Crippen molar-refractivity contribution in [1.82, 2.24) is 4.98 Å². The fraction of sp³-hybridized carbons (Fsp3) is 0.250. The summed E-state index contributed by atoms with van der Waals surface area (Å²) in [6.07, 6.45) is 1.20. The summed E-state index contributed by atoms with van der Waals surface area (Å²) in [5.74, 6) is -4.78. The normalized spacial score (nSPS) is 11.1. The number of alkyl halides is 2. The molecule has 3 nitrogen and oxygen atoms in total. The molecule has 1 amide bonds. The molecule has 0 aliphatic carbocycles. The number of hydrogen-bond donors (Lipinski definition) is 1. The minimum Gasteiger partial charge on any atom is -0.319 e. The molecule has 76 valence electrons. The van der Waals surface area contributed by atoms with Crippen molar-refractivity contribution in [3.8, 4) is 0 Å². The van der Waals surface area contributed by atoms with Gasteiger partial charge in [0, 0.05) is 6.92 Å². The Labute approximate surface area is 84.1 Å². The number of carbonyl (C=O) groups is 1. The number of nitrogens with zero attached hydrogens (tertiary/aromatic N) is 1. The standard InChI is InChI=1S/C8H7ClF2N2O/c1-8(10,11)7(14)13-5-2-3-6(9)12-4-5/h2-4H,1H3,(H,13,14). The van der Waals surface area contributed by atoms with Crippen LogP contribution in [0.5, 0.6) is 0 Å². The van der Waals surface area contributed by atoms with Gasteiger partial charge in [0.1, 0.15) is 5.15 Å². The van der Waals surface area contributed by atoms with Crippen LogP contribution in [0.25, 0.3) is 0 Å². The number of carbonyl (C=O) groups excluding carboxylic acids is 1. The van der Waals surface area contributed by atoms with Gasteiger partial charge in [0.2, 0.25) is 0 Å². The van der Waals surface area contributed by atoms with Crippen LogP contribution < -0.4 is 5.32 Å². The van der Waals surface area contributed by atoms with E-state index in [0.717, 1.165) is 0 Å². The van der Waals surface area contributed by atoms with Gasteiger partial charge in [-0.15, -0.1) is 0 Å². The molecule has 6 heteroatoms. The second-order valence-electron chi connectivity index (χ2n) is 2.71. The minimum absolute atomic E-state index is 0.181. The molecular weight excluding hydrogens is 214 g/mol. The number of hydrogen-bond acceptors (Lipinski definition) is 2. The van der Waals surface area contributed by atoms with Crippen LogP contribution in [0.3, 0.4) is 0 Å². The number of pyridine rings is 1. The topological polar surface area (TPSA) is 42.0 Å². The molecule has 0 aliphatic rings. The van der Waals surface area contributed by atoms with E-state index < -0.39 is 11.8 Å². The van der Waals surface area contributed by atoms with Crippen molar-refractivity contribution in [3.63, 3.8) is 0 Å². The SMILES string of the molecule is CC(F)(F)C(=O)Nc1ccc(Cl)nc1. The molecule has 0 aliphatic heterocycles. The maximum Gasteiger partial charge on any atom is 0.322 e. The lowest BCUT2D eigenvalue weighted by Crippen LogP contribution is -2.31. The van der Waals surface area contributed by atoms with E-state index in [1.807, 2.05) is 5.32 Å². The number of nitrogens with one attached hydrogen (secondary N) is 1. The molecule has 14 heavy (non-hydrogen) atoms. The molecule has 1 N–H and O–H groups in total. The van der Waals surface area contributed by atoms with Gasteiger partial charge >= 0.3 is 5.92 Å². The molecule has 1 heterocycles. The summed E-state index contributed by atoms with van der Waals surface area (Å²) < 4.78 is 24.8. The zero-order valence-electron chi connectivity index (χ0n) is 7.22. The number of rotatable bonds is 2. The van der Waals surface area contributed by atoms with Crippen LogP contribution in [-0.2, 0) is 4.79 Å². The number of halogens is 3. The summed E-state index contributed by atoms with van der Waals surface area (Å²) in [6.45, 7) is 0.520. The summed E-state index contributed by atoms with van der Waals surface area (Å²) in [5.41, 5.74) is 0.181. The molecule has 0 spiro atoms. The third-order valence-corrected chi connectivity index (χ3v) is 1.61. The molecule has 0 unspecified atom stereocenters. The zero-order valence-corrected chi connectivity index (χ0v) is 7.98. The summed E-state index contributed by atoms with van der Waals surface area (Å²) in [4.78, 5) is 14.4. The van der Waals surface area contributed by atoms with Gasteiger partial charge in [0.15, 0.2) is 0 Å². The quantitative estimate of drug-likeness (QED) is 0.778. The van der Waals surface area contributed by atoms with E-state index in [9.17, 15) is 13.6 Å². The van der Waals surface area contributed by atoms with Crippen LogP contribution in [0.4, 0.5) is 14.5 Å². The van der Waals surface area contributed by atoms with Crippen LogP contribution >= 0.6 is 11.6 Å². The minimum atomic E-state index is -3.40. The number of amides is 1. The predicted molar refractivity (Wildman–Crippen MR) is 48.5 cm³/mol. The third kappa shape index (κ3) is 2.92. The molecule has 0 aromatic carbocycles. The van der Waals surface area contributed by atoms with Gasteiger partial charge < -0.3 is 5.32 Å². The van der Waals surface area contributed by atoms with E-state index in [4.69, 9.17) is 11.6 Å². The van der Waals surface area contributed by atoms with Crippen molar-refractivity contribution < 1.29 is 13.6 Å². The monoisotopic (exact) mass is 220 g/mol. The maximum absolute atomic E-state index is 12.4. The smallest absolute Gasteiger partial charge is 0.319 e. The van der Waals surface area contributed by atoms with Crippen molar-refractivity contribution in [2.24, 2.45) is 0 Å². The summed E-state index contributed by atoms with van der Waals surface area (Å²) in [7, 11) is 0. The highest BCUT2D eigenvalue weighted by Gasteiger charge is 2.32. The van der Waals surface area contributed by atoms with Crippen LogP contribution in [0.2, 0.25) is 5.15 Å². The Bertz CT molecular complexity index is 334. The molecule has 0 saturated carbocycles. The number of aromatic nitrogens is 1. The second-order valence-corrected chi connectivity index (χ2v) is 3.10. The Balaban J connectivity index is 2.71. The predicted octanol–water partition coefficient (Wildman–Crippen LogP) is 2.33. The van der Waals surface area contributed by atoms with Crippen LogP contribution in [0.15, 0.2) is 18.3 Å². The molecular formula is C8H7ClF2N2O. The average Bonchev–Trinajstić information content (AvgIpc) is 2.07. The molecule has 1 rings (SSSR count). The highest BCUT2D eigenvalue weighted by molar-refractivity contribution is 6.29. The van der Waals surface area contributed by atoms with Crippen LogP contribution in [0, 0.1) is 0 Å². The van der Waals surface area contributed by atoms with E-state index >= 15 is 0 Å². The Kier molecular flexibility index (Phi) is 3.00. The average molecular weight is 221 g/mol. The van der Waals surface area contributed by atoms with E-state index in [-0.39, 0.29) is 10.8 Å². The lowest BCUT2D eigenvalue weighted by molar-refractivity contribution is -0.137. The van der Waals surface area contributed by atoms with Gasteiger partial charge in [-0.2, -0.15) is 8.78 Å². The fourth-order valence-corrected chi connectivity index (χ4v) is 0.802. The van der Waals surface area contributed by atoms with Gasteiger partial charge in [-0.25, -0.2) is 4.98 Å². The first-order valence-corrected chi connectivity index (χ1v) is 4.08. The van der Waals surface area contributed by atoms with Crippen molar-refractivity contribution in [1.29, 1.82) is 0 Å². The van der Waals surface area contributed by atoms with Crippen LogP contribution in [0.1, 0.15) is 6.92 Å². The van der Waals surface area contributed by atoms with Gasteiger partial charge in [0.25, 0.3) is 5.91 Å². The summed E-state index contributed by atoms with van der Waals surface area (Å²) in [5, 5.41) is 2.23. The second kappa shape index (κ2) is 3.88.